The summed E-state index contributed by atoms with van der Waals surface area (Å²) in [6.45, 7) is 19.5. The van der Waals surface area contributed by atoms with Crippen molar-refractivity contribution < 1.29 is 0 Å². The zero-order valence-corrected chi connectivity index (χ0v) is 16.3. The summed E-state index contributed by atoms with van der Waals surface area (Å²) in [5, 5.41) is 6.98. The van der Waals surface area contributed by atoms with Crippen molar-refractivity contribution in [3.05, 3.63) is 54.4 Å². The van der Waals surface area contributed by atoms with Crippen molar-refractivity contribution in [1.82, 2.24) is 5.32 Å². The zero-order chi connectivity index (χ0) is 18.2. The molecule has 0 aliphatic carbocycles. The quantitative estimate of drug-likeness (QED) is 0.528. The molecule has 0 saturated heterocycles. The first-order chi connectivity index (χ1) is 11.2. The summed E-state index contributed by atoms with van der Waals surface area (Å²) in [6, 6.07) is 8.95. The van der Waals surface area contributed by atoms with E-state index in [1.165, 1.54) is 18.4 Å². The van der Waals surface area contributed by atoms with Crippen LogP contribution in [0.25, 0.3) is 0 Å². The van der Waals surface area contributed by atoms with E-state index in [1.54, 1.807) is 0 Å². The van der Waals surface area contributed by atoms with Gasteiger partial charge in [0.05, 0.1) is 6.04 Å². The molecule has 0 saturated carbocycles. The van der Waals surface area contributed by atoms with E-state index < -0.39 is 0 Å². The van der Waals surface area contributed by atoms with Gasteiger partial charge in [0, 0.05) is 17.1 Å². The van der Waals surface area contributed by atoms with Crippen LogP contribution in [0, 0.1) is 5.41 Å². The third kappa shape index (κ3) is 7.72. The molecule has 1 rings (SSSR count). The summed E-state index contributed by atoms with van der Waals surface area (Å²) in [5.41, 5.74) is 4.87. The maximum absolute atomic E-state index is 4.26. The lowest BCUT2D eigenvalue weighted by Gasteiger charge is -2.24. The second-order valence-electron chi connectivity index (χ2n) is 7.88. The summed E-state index contributed by atoms with van der Waals surface area (Å²) in [4.78, 5) is 0. The van der Waals surface area contributed by atoms with Crippen LogP contribution in [0.4, 0.5) is 5.69 Å². The molecule has 0 aliphatic rings. The van der Waals surface area contributed by atoms with Gasteiger partial charge in [-0.3, -0.25) is 0 Å². The maximum Gasteiger partial charge on any atom is 0.0654 e. The number of unbranched alkanes of at least 4 members (excludes halogenated alkanes) is 1. The van der Waals surface area contributed by atoms with Crippen LogP contribution in [0.15, 0.2) is 48.8 Å². The van der Waals surface area contributed by atoms with Crippen LogP contribution < -0.4 is 10.6 Å². The van der Waals surface area contributed by atoms with Crippen LogP contribution in [-0.4, -0.2) is 6.04 Å². The molecule has 24 heavy (non-hydrogen) atoms. The molecular weight excluding hydrogens is 292 g/mol. The molecule has 2 nitrogen and oxygen atoms in total. The van der Waals surface area contributed by atoms with E-state index in [-0.39, 0.29) is 6.04 Å². The predicted molar refractivity (Wildman–Crippen MR) is 108 cm³/mol. The molecule has 0 aliphatic heterocycles. The highest BCUT2D eigenvalue weighted by atomic mass is 15.0. The molecule has 2 heteroatoms. The summed E-state index contributed by atoms with van der Waals surface area (Å²) in [7, 11) is 0. The van der Waals surface area contributed by atoms with Crippen LogP contribution in [0.3, 0.4) is 0 Å². The van der Waals surface area contributed by atoms with Gasteiger partial charge in [-0.15, -0.1) is 0 Å². The summed E-state index contributed by atoms with van der Waals surface area (Å²) < 4.78 is 0. The molecule has 1 unspecified atom stereocenters. The average molecular weight is 329 g/mol. The fraction of sp³-hybridized carbons (Fsp3) is 0.545. The normalized spacial score (nSPS) is 12.5. The molecule has 0 amide bonds. The lowest BCUT2D eigenvalue weighted by Crippen LogP contribution is -2.32. The fourth-order valence-corrected chi connectivity index (χ4v) is 2.68. The van der Waals surface area contributed by atoms with Crippen LogP contribution in [0.5, 0.6) is 0 Å². The van der Waals surface area contributed by atoms with Gasteiger partial charge in [0.1, 0.15) is 0 Å². The zero-order valence-electron chi connectivity index (χ0n) is 16.3. The van der Waals surface area contributed by atoms with Gasteiger partial charge >= 0.3 is 0 Å². The van der Waals surface area contributed by atoms with E-state index in [9.17, 15) is 0 Å². The van der Waals surface area contributed by atoms with Gasteiger partial charge < -0.3 is 10.6 Å². The van der Waals surface area contributed by atoms with Crippen LogP contribution in [0.1, 0.15) is 65.9 Å². The highest BCUT2D eigenvalue weighted by Crippen LogP contribution is 2.22. The Kier molecular flexibility index (Phi) is 8.10. The van der Waals surface area contributed by atoms with Crippen molar-refractivity contribution in [3.8, 4) is 0 Å². The highest BCUT2D eigenvalue weighted by molar-refractivity contribution is 5.50. The van der Waals surface area contributed by atoms with E-state index in [4.69, 9.17) is 0 Å². The summed E-state index contributed by atoms with van der Waals surface area (Å²) in [5.74, 6) is 0. The third-order valence-electron chi connectivity index (χ3n) is 4.07. The predicted octanol–water partition coefficient (Wildman–Crippen LogP) is 6.27. The van der Waals surface area contributed by atoms with Crippen molar-refractivity contribution in [2.24, 2.45) is 5.41 Å². The highest BCUT2D eigenvalue weighted by Gasteiger charge is 2.14. The number of nitrogens with one attached hydrogen (secondary N) is 2. The lowest BCUT2D eigenvalue weighted by atomic mass is 9.88. The first-order valence-electron chi connectivity index (χ1n) is 9.24. The fourth-order valence-electron chi connectivity index (χ4n) is 2.68. The van der Waals surface area contributed by atoms with Gasteiger partial charge in [-0.1, -0.05) is 72.8 Å². The van der Waals surface area contributed by atoms with Gasteiger partial charge in [-0.2, -0.15) is 0 Å². The second-order valence-corrected chi connectivity index (χ2v) is 7.88. The number of allylic oxidation sites excluding steroid dienone is 1. The number of hydrogen-bond acceptors (Lipinski definition) is 2. The molecule has 0 heterocycles. The van der Waals surface area contributed by atoms with Crippen LogP contribution >= 0.6 is 0 Å². The van der Waals surface area contributed by atoms with Crippen molar-refractivity contribution in [3.63, 3.8) is 0 Å². The Morgan fingerprint density at radius 2 is 1.71 bits per heavy atom. The van der Waals surface area contributed by atoms with Gasteiger partial charge in [0.25, 0.3) is 0 Å². The number of anilines is 1. The van der Waals surface area contributed by atoms with Crippen LogP contribution in [0.2, 0.25) is 0 Å². The number of benzene rings is 1. The maximum atomic E-state index is 4.26. The minimum Gasteiger partial charge on any atom is -0.381 e. The Morgan fingerprint density at radius 1 is 1.08 bits per heavy atom. The minimum absolute atomic E-state index is 0.228. The van der Waals surface area contributed by atoms with E-state index in [0.29, 0.717) is 5.41 Å². The Labute approximate surface area is 149 Å². The summed E-state index contributed by atoms with van der Waals surface area (Å²) in [6.07, 6.45) is 5.47. The third-order valence-corrected chi connectivity index (χ3v) is 4.07. The van der Waals surface area contributed by atoms with Gasteiger partial charge in [0.2, 0.25) is 0 Å². The molecule has 1 aromatic rings. The Hall–Kier alpha value is -1.70. The topological polar surface area (TPSA) is 24.1 Å². The SMILES string of the molecule is C=C(CC)NC(CCCC)C(=C)Nc1ccc(CC(C)(C)C)cc1. The average Bonchev–Trinajstić information content (AvgIpc) is 2.51. The molecule has 0 bridgehead atoms. The van der Waals surface area contributed by atoms with E-state index in [0.717, 1.165) is 36.3 Å². The van der Waals surface area contributed by atoms with Crippen molar-refractivity contribution in [1.29, 1.82) is 0 Å². The molecule has 0 fully saturated rings. The Morgan fingerprint density at radius 3 is 2.21 bits per heavy atom. The second kappa shape index (κ2) is 9.56. The standard InChI is InChI=1S/C22H36N2/c1-8-10-11-21(23-17(3)9-2)18(4)24-20-14-12-19(13-15-20)16-22(5,6)7/h12-15,21,23-24H,3-4,8-11,16H2,1-2,5-7H3. The molecule has 134 valence electrons. The Balaban J connectivity index is 2.70. The number of rotatable bonds is 10. The van der Waals surface area contributed by atoms with Crippen molar-refractivity contribution >= 4 is 5.69 Å². The van der Waals surface area contributed by atoms with Gasteiger partial charge in [-0.25, -0.2) is 0 Å². The van der Waals surface area contributed by atoms with E-state index in [1.807, 2.05) is 0 Å². The molecule has 0 aromatic heterocycles. The lowest BCUT2D eigenvalue weighted by molar-refractivity contribution is 0.411. The van der Waals surface area contributed by atoms with Crippen LogP contribution in [-0.2, 0) is 6.42 Å². The molecule has 2 N–H and O–H groups in total. The molecular formula is C22H36N2. The smallest absolute Gasteiger partial charge is 0.0654 e. The molecule has 1 atom stereocenters. The molecule has 0 spiro atoms. The first kappa shape index (κ1) is 20.3. The monoisotopic (exact) mass is 328 g/mol. The minimum atomic E-state index is 0.228. The van der Waals surface area contributed by atoms with E-state index >= 15 is 0 Å². The van der Waals surface area contributed by atoms with Crippen molar-refractivity contribution in [2.75, 3.05) is 5.32 Å². The van der Waals surface area contributed by atoms with Gasteiger partial charge in [-0.05, 0) is 42.4 Å². The largest absolute Gasteiger partial charge is 0.381 e. The molecule has 0 radical (unpaired) electrons. The Bertz CT molecular complexity index is 520. The van der Waals surface area contributed by atoms with Crippen molar-refractivity contribution in [2.45, 2.75) is 72.8 Å². The van der Waals surface area contributed by atoms with E-state index in [2.05, 4.69) is 82.7 Å². The molecule has 1 aromatic carbocycles. The van der Waals surface area contributed by atoms with Gasteiger partial charge in [0.15, 0.2) is 0 Å². The first-order valence-corrected chi connectivity index (χ1v) is 9.24. The summed E-state index contributed by atoms with van der Waals surface area (Å²) >= 11 is 0. The number of hydrogen-bond donors (Lipinski definition) is 2.